The van der Waals surface area contributed by atoms with Crippen LogP contribution in [0.5, 0.6) is 5.75 Å². The maximum Gasteiger partial charge on any atom is 0.253 e. The number of carbonyl (C=O) groups is 1. The molecule has 1 aliphatic rings. The number of carbonyl (C=O) groups excluding carboxylic acids is 1. The molecule has 1 fully saturated rings. The van der Waals surface area contributed by atoms with Crippen LogP contribution in [0.3, 0.4) is 0 Å². The molecule has 1 N–H and O–H groups in total. The van der Waals surface area contributed by atoms with Gasteiger partial charge in [0.15, 0.2) is 0 Å². The predicted molar refractivity (Wildman–Crippen MR) is 153 cm³/mol. The van der Waals surface area contributed by atoms with Gasteiger partial charge in [-0.2, -0.15) is 0 Å². The van der Waals surface area contributed by atoms with Gasteiger partial charge in [0.05, 0.1) is 18.2 Å². The number of hydrogen-bond acceptors (Lipinski definition) is 4. The van der Waals surface area contributed by atoms with Gasteiger partial charge in [0, 0.05) is 49.3 Å². The topological polar surface area (TPSA) is 49.7 Å². The number of halogens is 1. The van der Waals surface area contributed by atoms with Gasteiger partial charge in [0.1, 0.15) is 5.75 Å². The number of para-hydroxylation sites is 1. The largest absolute Gasteiger partial charge is 0.495 e. The lowest BCUT2D eigenvalue weighted by Gasteiger charge is -2.22. The van der Waals surface area contributed by atoms with Gasteiger partial charge >= 0.3 is 0 Å². The highest BCUT2D eigenvalue weighted by atomic mass is 35.5. The monoisotopic (exact) mass is 524 g/mol. The number of nitrogens with one attached hydrogen (secondary N) is 1. The van der Waals surface area contributed by atoms with Crippen LogP contribution in [0.4, 0.5) is 0 Å². The molecule has 1 amide bonds. The fourth-order valence-corrected chi connectivity index (χ4v) is 5.29. The number of hydrogen-bond donors (Lipinski definition) is 1. The molecule has 2 aromatic carbocycles. The van der Waals surface area contributed by atoms with Crippen molar-refractivity contribution in [1.82, 2.24) is 19.7 Å². The van der Waals surface area contributed by atoms with Crippen molar-refractivity contribution in [2.45, 2.75) is 46.2 Å². The zero-order valence-corrected chi connectivity index (χ0v) is 23.3. The van der Waals surface area contributed by atoms with Crippen LogP contribution in [0.2, 0.25) is 5.02 Å². The minimum atomic E-state index is -0.0107. The summed E-state index contributed by atoms with van der Waals surface area (Å²) in [6, 6.07) is 14.1. The summed E-state index contributed by atoms with van der Waals surface area (Å²) in [4.78, 5) is 18.1. The molecule has 1 aromatic heterocycles. The van der Waals surface area contributed by atoms with Crippen molar-refractivity contribution in [3.63, 3.8) is 0 Å². The van der Waals surface area contributed by atoms with Gasteiger partial charge in [-0.05, 0) is 56.1 Å². The van der Waals surface area contributed by atoms with E-state index in [0.717, 1.165) is 92.3 Å². The number of ether oxygens (including phenoxy) is 1. The summed E-state index contributed by atoms with van der Waals surface area (Å²) < 4.78 is 7.88. The molecule has 0 radical (unpaired) electrons. The second kappa shape index (κ2) is 13.3. The lowest BCUT2D eigenvalue weighted by molar-refractivity contribution is 0.0949. The molecule has 1 atom stereocenters. The Kier molecular flexibility index (Phi) is 9.89. The van der Waals surface area contributed by atoms with E-state index in [0.29, 0.717) is 12.5 Å². The van der Waals surface area contributed by atoms with Gasteiger partial charge in [0.2, 0.25) is 0 Å². The molecule has 0 aliphatic carbocycles. The number of benzene rings is 2. The summed E-state index contributed by atoms with van der Waals surface area (Å²) in [5.74, 6) is 1.26. The Morgan fingerprint density at radius 1 is 1.05 bits per heavy atom. The van der Waals surface area contributed by atoms with E-state index in [2.05, 4.69) is 45.7 Å². The molecule has 3 aromatic rings. The summed E-state index contributed by atoms with van der Waals surface area (Å²) >= 11 is 6.39. The molecule has 7 heteroatoms. The molecule has 0 saturated carbocycles. The lowest BCUT2D eigenvalue weighted by atomic mass is 10.1. The van der Waals surface area contributed by atoms with Gasteiger partial charge in [-0.15, -0.1) is 0 Å². The van der Waals surface area contributed by atoms with Crippen molar-refractivity contribution in [2.24, 2.45) is 5.92 Å². The molecule has 1 unspecified atom stereocenters. The molecule has 0 spiro atoms. The molecule has 0 bridgehead atoms. The fraction of sp³-hybridized carbons (Fsp3) is 0.500. The van der Waals surface area contributed by atoms with E-state index in [1.54, 1.807) is 7.11 Å². The molecule has 1 saturated heterocycles. The molecular formula is C30H41ClN4O2. The van der Waals surface area contributed by atoms with Crippen LogP contribution in [0.15, 0.2) is 48.7 Å². The maximum absolute atomic E-state index is 13.0. The predicted octanol–water partition coefficient (Wildman–Crippen LogP) is 5.68. The van der Waals surface area contributed by atoms with Crippen molar-refractivity contribution in [1.29, 1.82) is 0 Å². The Labute approximate surface area is 226 Å². The third-order valence-electron chi connectivity index (χ3n) is 7.54. The molecule has 2 heterocycles. The Bertz CT molecular complexity index is 1180. The van der Waals surface area contributed by atoms with Crippen molar-refractivity contribution in [3.05, 3.63) is 64.8 Å². The average molecular weight is 525 g/mol. The zero-order chi connectivity index (χ0) is 26.2. The molecule has 4 rings (SSSR count). The number of amides is 1. The van der Waals surface area contributed by atoms with E-state index in [4.69, 9.17) is 16.3 Å². The summed E-state index contributed by atoms with van der Waals surface area (Å²) in [5, 5.41) is 4.92. The summed E-state index contributed by atoms with van der Waals surface area (Å²) in [7, 11) is 1.69. The first-order valence-electron chi connectivity index (χ1n) is 13.6. The number of aromatic nitrogens is 1. The number of nitrogens with zero attached hydrogens (tertiary/aromatic N) is 3. The Morgan fingerprint density at radius 2 is 1.84 bits per heavy atom. The first kappa shape index (κ1) is 27.5. The van der Waals surface area contributed by atoms with E-state index >= 15 is 0 Å². The highest BCUT2D eigenvalue weighted by molar-refractivity contribution is 6.31. The quantitative estimate of drug-likeness (QED) is 0.351. The number of aryl methyl sites for hydroxylation is 1. The van der Waals surface area contributed by atoms with Crippen LogP contribution in [0, 0.1) is 5.92 Å². The van der Waals surface area contributed by atoms with Gasteiger partial charge < -0.3 is 19.5 Å². The van der Waals surface area contributed by atoms with E-state index in [9.17, 15) is 4.79 Å². The van der Waals surface area contributed by atoms with Gasteiger partial charge in [-0.1, -0.05) is 62.2 Å². The lowest BCUT2D eigenvalue weighted by Crippen LogP contribution is -2.31. The minimum absolute atomic E-state index is 0.0107. The Hall–Kier alpha value is -2.54. The molecule has 37 heavy (non-hydrogen) atoms. The zero-order valence-electron chi connectivity index (χ0n) is 22.5. The number of fused-ring (bicyclic) bond motifs is 1. The first-order valence-corrected chi connectivity index (χ1v) is 14.0. The highest BCUT2D eigenvalue weighted by Gasteiger charge is 2.19. The number of rotatable bonds is 11. The minimum Gasteiger partial charge on any atom is -0.495 e. The third-order valence-corrected chi connectivity index (χ3v) is 7.91. The SMILES string of the molecule is CCC(C)CNC(=O)c1cn(CCCN2CCCN(Cc3ccccc3Cl)CC2)c2c(OC)cccc12. The fourth-order valence-electron chi connectivity index (χ4n) is 5.09. The summed E-state index contributed by atoms with van der Waals surface area (Å²) in [5.41, 5.74) is 2.93. The normalized spacial score (nSPS) is 16.0. The molecule has 200 valence electrons. The van der Waals surface area contributed by atoms with Crippen molar-refractivity contribution < 1.29 is 9.53 Å². The molecule has 1 aliphatic heterocycles. The van der Waals surface area contributed by atoms with E-state index in [1.807, 2.05) is 36.5 Å². The molecular weight excluding hydrogens is 484 g/mol. The maximum atomic E-state index is 13.0. The van der Waals surface area contributed by atoms with Gasteiger partial charge in [-0.25, -0.2) is 0 Å². The van der Waals surface area contributed by atoms with Crippen LogP contribution in [-0.2, 0) is 13.1 Å². The number of methoxy groups -OCH3 is 1. The Balaban J connectivity index is 1.37. The van der Waals surface area contributed by atoms with E-state index in [-0.39, 0.29) is 5.91 Å². The summed E-state index contributed by atoms with van der Waals surface area (Å²) in [6.07, 6.45) is 5.22. The first-order chi connectivity index (χ1) is 18.0. The van der Waals surface area contributed by atoms with E-state index in [1.165, 1.54) is 5.56 Å². The standard InChI is InChI=1S/C30H41ClN4O2/c1-4-23(2)20-32-30(36)26-22-35(29-25(26)11-7-13-28(29)37-3)17-9-15-33-14-8-16-34(19-18-33)21-24-10-5-6-12-27(24)31/h5-7,10-13,22-23H,4,8-9,14-21H2,1-3H3,(H,32,36). The van der Waals surface area contributed by atoms with Crippen LogP contribution >= 0.6 is 11.6 Å². The molecule has 6 nitrogen and oxygen atoms in total. The van der Waals surface area contributed by atoms with Gasteiger partial charge in [-0.3, -0.25) is 9.69 Å². The summed E-state index contributed by atoms with van der Waals surface area (Å²) in [6.45, 7) is 12.1. The van der Waals surface area contributed by atoms with Crippen LogP contribution in [0.1, 0.15) is 49.0 Å². The van der Waals surface area contributed by atoms with Crippen LogP contribution in [0.25, 0.3) is 10.9 Å². The Morgan fingerprint density at radius 3 is 2.62 bits per heavy atom. The third kappa shape index (κ3) is 7.07. The van der Waals surface area contributed by atoms with Crippen LogP contribution in [-0.4, -0.2) is 66.7 Å². The van der Waals surface area contributed by atoms with Gasteiger partial charge in [0.25, 0.3) is 5.91 Å². The van der Waals surface area contributed by atoms with Crippen molar-refractivity contribution in [2.75, 3.05) is 46.4 Å². The van der Waals surface area contributed by atoms with E-state index < -0.39 is 0 Å². The highest BCUT2D eigenvalue weighted by Crippen LogP contribution is 2.30. The average Bonchev–Trinajstić information content (AvgIpc) is 3.14. The second-order valence-electron chi connectivity index (χ2n) is 10.2. The van der Waals surface area contributed by atoms with Crippen molar-refractivity contribution >= 4 is 28.4 Å². The second-order valence-corrected chi connectivity index (χ2v) is 10.6. The van der Waals surface area contributed by atoms with Crippen LogP contribution < -0.4 is 10.1 Å². The van der Waals surface area contributed by atoms with Crippen molar-refractivity contribution in [3.8, 4) is 5.75 Å². The smallest absolute Gasteiger partial charge is 0.253 e.